The molecule has 0 radical (unpaired) electrons. The number of thioether (sulfide) groups is 1. The second-order valence-corrected chi connectivity index (χ2v) is 8.75. The molecule has 0 amide bonds. The van der Waals surface area contributed by atoms with Crippen molar-refractivity contribution in [2.75, 3.05) is 10.2 Å². The molecule has 0 bridgehead atoms. The van der Waals surface area contributed by atoms with Crippen molar-refractivity contribution in [1.29, 1.82) is 0 Å². The lowest BCUT2D eigenvalue weighted by Gasteiger charge is -2.30. The van der Waals surface area contributed by atoms with E-state index in [2.05, 4.69) is 83.5 Å². The lowest BCUT2D eigenvalue weighted by Crippen LogP contribution is -2.18. The number of hydrogen-bond donors (Lipinski definition) is 1. The van der Waals surface area contributed by atoms with Crippen LogP contribution in [0.15, 0.2) is 106 Å². The van der Waals surface area contributed by atoms with Crippen molar-refractivity contribution in [2.45, 2.75) is 23.6 Å². The van der Waals surface area contributed by atoms with Crippen molar-refractivity contribution in [3.63, 3.8) is 0 Å². The molecular weight excluding hydrogens is 408 g/mol. The fraction of sp³-hybridized carbons (Fsp3) is 0.115. The van der Waals surface area contributed by atoms with Gasteiger partial charge in [-0.3, -0.25) is 0 Å². The van der Waals surface area contributed by atoms with E-state index >= 15 is 0 Å². The number of nitrogens with one attached hydrogen (secondary N) is 1. The van der Waals surface area contributed by atoms with Gasteiger partial charge in [-0.15, -0.1) is 5.73 Å². The lowest BCUT2D eigenvalue weighted by atomic mass is 9.98. The first-order valence-corrected chi connectivity index (χ1v) is 11.3. The van der Waals surface area contributed by atoms with Gasteiger partial charge in [-0.25, -0.2) is 0 Å². The first-order chi connectivity index (χ1) is 14.7. The number of para-hydroxylation sites is 3. The summed E-state index contributed by atoms with van der Waals surface area (Å²) in [6.45, 7) is 2.18. The fourth-order valence-electron chi connectivity index (χ4n) is 3.87. The van der Waals surface area contributed by atoms with E-state index in [1.54, 1.807) is 0 Å². The average molecular weight is 429 g/mol. The number of rotatable bonds is 3. The zero-order valence-corrected chi connectivity index (χ0v) is 18.2. The first kappa shape index (κ1) is 19.1. The van der Waals surface area contributed by atoms with Gasteiger partial charge in [-0.2, -0.15) is 0 Å². The molecular formula is C26H21ClN2S. The number of hydrogen-bond acceptors (Lipinski definition) is 3. The maximum absolute atomic E-state index is 6.80. The molecule has 3 aromatic carbocycles. The Balaban J connectivity index is 1.61. The molecule has 0 aliphatic carbocycles. The van der Waals surface area contributed by atoms with Gasteiger partial charge in [0.1, 0.15) is 10.5 Å². The summed E-state index contributed by atoms with van der Waals surface area (Å²) in [4.78, 5) is 3.37. The molecule has 0 spiro atoms. The molecule has 148 valence electrons. The number of anilines is 3. The number of nitrogens with zero attached hydrogens (tertiary/aromatic N) is 1. The van der Waals surface area contributed by atoms with Crippen LogP contribution in [0.1, 0.15) is 18.9 Å². The van der Waals surface area contributed by atoms with Gasteiger partial charge < -0.3 is 10.2 Å². The zero-order valence-electron chi connectivity index (χ0n) is 16.6. The Morgan fingerprint density at radius 3 is 2.53 bits per heavy atom. The van der Waals surface area contributed by atoms with Crippen LogP contribution in [0.3, 0.4) is 0 Å². The van der Waals surface area contributed by atoms with Crippen LogP contribution in [0, 0.1) is 0 Å². The molecule has 0 saturated carbocycles. The van der Waals surface area contributed by atoms with E-state index in [1.165, 1.54) is 16.2 Å². The summed E-state index contributed by atoms with van der Waals surface area (Å²) >= 11 is 8.64. The average Bonchev–Trinajstić information content (AvgIpc) is 3.22. The predicted octanol–water partition coefficient (Wildman–Crippen LogP) is 7.78. The second-order valence-electron chi connectivity index (χ2n) is 7.21. The number of fused-ring (bicyclic) bond motifs is 2. The maximum Gasteiger partial charge on any atom is 0.115 e. The van der Waals surface area contributed by atoms with Crippen LogP contribution in [-0.4, -0.2) is 5.37 Å². The second kappa shape index (κ2) is 8.12. The summed E-state index contributed by atoms with van der Waals surface area (Å²) in [5.74, 6) is 0. The van der Waals surface area contributed by atoms with E-state index in [1.807, 2.05) is 36.0 Å². The molecule has 3 aromatic rings. The molecule has 2 nitrogen and oxygen atoms in total. The minimum Gasteiger partial charge on any atom is -0.368 e. The third-order valence-electron chi connectivity index (χ3n) is 5.34. The van der Waals surface area contributed by atoms with Gasteiger partial charge in [-0.1, -0.05) is 78.8 Å². The molecule has 5 rings (SSSR count). The monoisotopic (exact) mass is 428 g/mol. The summed E-state index contributed by atoms with van der Waals surface area (Å²) in [6, 6.07) is 27.1. The van der Waals surface area contributed by atoms with Crippen molar-refractivity contribution in [1.82, 2.24) is 0 Å². The molecule has 0 saturated heterocycles. The molecule has 30 heavy (non-hydrogen) atoms. The third-order valence-corrected chi connectivity index (χ3v) is 6.86. The Labute approximate surface area is 186 Å². The Morgan fingerprint density at radius 1 is 1.00 bits per heavy atom. The zero-order chi connectivity index (χ0) is 20.5. The molecule has 1 atom stereocenters. The van der Waals surface area contributed by atoms with E-state index in [-0.39, 0.29) is 5.37 Å². The molecule has 2 aliphatic heterocycles. The van der Waals surface area contributed by atoms with Crippen molar-refractivity contribution in [2.24, 2.45) is 0 Å². The van der Waals surface area contributed by atoms with Crippen LogP contribution in [0.2, 0.25) is 0 Å². The van der Waals surface area contributed by atoms with Gasteiger partial charge in [0.25, 0.3) is 0 Å². The molecule has 2 aliphatic rings. The van der Waals surface area contributed by atoms with Gasteiger partial charge in [0.05, 0.1) is 5.69 Å². The molecule has 1 N–H and O–H groups in total. The van der Waals surface area contributed by atoms with Gasteiger partial charge >= 0.3 is 0 Å². The molecule has 4 heteroatoms. The van der Waals surface area contributed by atoms with Crippen LogP contribution in [0.25, 0.3) is 5.57 Å². The van der Waals surface area contributed by atoms with Gasteiger partial charge in [0.2, 0.25) is 0 Å². The highest BCUT2D eigenvalue weighted by molar-refractivity contribution is 8.00. The third kappa shape index (κ3) is 3.46. The highest BCUT2D eigenvalue weighted by Crippen LogP contribution is 2.44. The van der Waals surface area contributed by atoms with Crippen molar-refractivity contribution < 1.29 is 0 Å². The molecule has 2 heterocycles. The van der Waals surface area contributed by atoms with Crippen molar-refractivity contribution in [3.8, 4) is 0 Å². The van der Waals surface area contributed by atoms with Crippen LogP contribution in [-0.2, 0) is 0 Å². The Kier molecular flexibility index (Phi) is 5.18. The van der Waals surface area contributed by atoms with E-state index in [4.69, 9.17) is 11.6 Å². The molecule has 1 unspecified atom stereocenters. The van der Waals surface area contributed by atoms with E-state index in [9.17, 15) is 0 Å². The lowest BCUT2D eigenvalue weighted by molar-refractivity contribution is 1.01. The quantitative estimate of drug-likeness (QED) is 0.338. The predicted molar refractivity (Wildman–Crippen MR) is 129 cm³/mol. The number of benzene rings is 3. The summed E-state index contributed by atoms with van der Waals surface area (Å²) in [6.07, 6.45) is 2.94. The SMILES string of the molecule is CCC(=C=C1C=C(Cl)N(c2ccccc2)c2ccccc21)C1Nc2ccccc2S1. The summed E-state index contributed by atoms with van der Waals surface area (Å²) in [7, 11) is 0. The smallest absolute Gasteiger partial charge is 0.115 e. The van der Waals surface area contributed by atoms with Gasteiger partial charge in [0.15, 0.2) is 0 Å². The highest BCUT2D eigenvalue weighted by Gasteiger charge is 2.25. The minimum absolute atomic E-state index is 0.186. The van der Waals surface area contributed by atoms with Crippen molar-refractivity contribution >= 4 is 46.0 Å². The highest BCUT2D eigenvalue weighted by atomic mass is 35.5. The van der Waals surface area contributed by atoms with E-state index in [0.29, 0.717) is 5.16 Å². The van der Waals surface area contributed by atoms with E-state index < -0.39 is 0 Å². The summed E-state index contributed by atoms with van der Waals surface area (Å²) < 4.78 is 0. The normalized spacial score (nSPS) is 16.9. The minimum atomic E-state index is 0.186. The Bertz CT molecular complexity index is 1170. The standard InChI is InChI=1S/C26H21ClN2S/c1-2-18(26-28-22-13-7-9-15-24(22)30-26)16-19-17-25(27)29(20-10-4-3-5-11-20)23-14-8-6-12-21(19)23/h3-15,17,26,28H,2H2,1H3. The maximum atomic E-state index is 6.80. The number of halogens is 1. The van der Waals surface area contributed by atoms with Crippen LogP contribution in [0.4, 0.5) is 17.1 Å². The van der Waals surface area contributed by atoms with Crippen LogP contribution >= 0.6 is 23.4 Å². The van der Waals surface area contributed by atoms with Crippen molar-refractivity contribution in [3.05, 3.63) is 107 Å². The van der Waals surface area contributed by atoms with E-state index in [0.717, 1.165) is 28.9 Å². The Hall–Kier alpha value is -2.84. The topological polar surface area (TPSA) is 15.3 Å². The van der Waals surface area contributed by atoms with Gasteiger partial charge in [0, 0.05) is 33.0 Å². The first-order valence-electron chi connectivity index (χ1n) is 10.1. The fourth-order valence-corrected chi connectivity index (χ4v) is 5.39. The Morgan fingerprint density at radius 2 is 1.73 bits per heavy atom. The number of allylic oxidation sites excluding steroid dienone is 1. The summed E-state index contributed by atoms with van der Waals surface area (Å²) in [5, 5.41) is 4.49. The molecule has 0 aromatic heterocycles. The molecule has 0 fully saturated rings. The van der Waals surface area contributed by atoms with Crippen LogP contribution in [0.5, 0.6) is 0 Å². The summed E-state index contributed by atoms with van der Waals surface area (Å²) in [5.41, 5.74) is 10.4. The largest absolute Gasteiger partial charge is 0.368 e. The van der Waals surface area contributed by atoms with Crippen LogP contribution < -0.4 is 10.2 Å². The van der Waals surface area contributed by atoms with Gasteiger partial charge in [-0.05, 0) is 42.8 Å².